The first-order valence-corrected chi connectivity index (χ1v) is 10.7. The molecule has 0 aliphatic heterocycles. The van der Waals surface area contributed by atoms with Gasteiger partial charge < -0.3 is 37.3 Å². The number of ether oxygens (including phenoxy) is 2. The van der Waals surface area contributed by atoms with Gasteiger partial charge in [0.25, 0.3) is 0 Å². The van der Waals surface area contributed by atoms with Crippen LogP contribution in [0.15, 0.2) is 30.3 Å². The number of nitrogens with zero attached hydrogens (tertiary/aromatic N) is 1. The smallest absolute Gasteiger partial charge is 0.417 e. The predicted molar refractivity (Wildman–Crippen MR) is 126 cm³/mol. The summed E-state index contributed by atoms with van der Waals surface area (Å²) in [5, 5.41) is 19.6. The molecule has 13 heteroatoms. The molecule has 0 aliphatic carbocycles. The van der Waals surface area contributed by atoms with Gasteiger partial charge in [0.05, 0.1) is 13.2 Å². The van der Waals surface area contributed by atoms with Gasteiger partial charge in [-0.3, -0.25) is 15.6 Å². The Morgan fingerprint density at radius 1 is 1.00 bits per heavy atom. The van der Waals surface area contributed by atoms with Gasteiger partial charge in [0.15, 0.2) is 11.9 Å². The summed E-state index contributed by atoms with van der Waals surface area (Å²) in [6.07, 6.45) is -0.127. The largest absolute Gasteiger partial charge is 0.467 e. The first-order valence-electron chi connectivity index (χ1n) is 10.7. The molecule has 0 saturated heterocycles. The maximum atomic E-state index is 13.2. The van der Waals surface area contributed by atoms with E-state index in [9.17, 15) is 14.4 Å². The van der Waals surface area contributed by atoms with Crippen LogP contribution in [0, 0.1) is 10.8 Å². The SMILES string of the molecule is COC(=O)[C@H](CCCNC(=N)N)N(C(=O)OCc1ccccc1)C(=O)[C@@H](N)CCCNC(=N)N. The molecular weight excluding hydrogens is 444 g/mol. The lowest BCUT2D eigenvalue weighted by Gasteiger charge is -2.29. The highest BCUT2D eigenvalue weighted by Gasteiger charge is 2.38. The van der Waals surface area contributed by atoms with E-state index in [1.165, 1.54) is 0 Å². The molecule has 0 bridgehead atoms. The molecule has 1 aromatic rings. The third-order valence-electron chi connectivity index (χ3n) is 4.72. The van der Waals surface area contributed by atoms with Gasteiger partial charge in [-0.2, -0.15) is 0 Å². The summed E-state index contributed by atoms with van der Waals surface area (Å²) in [6, 6.07) is 6.46. The Morgan fingerprint density at radius 3 is 2.09 bits per heavy atom. The summed E-state index contributed by atoms with van der Waals surface area (Å²) in [4.78, 5) is 39.4. The molecule has 0 radical (unpaired) electrons. The molecule has 188 valence electrons. The van der Waals surface area contributed by atoms with E-state index in [1.807, 2.05) is 6.07 Å². The van der Waals surface area contributed by atoms with Crippen molar-refractivity contribution in [1.29, 1.82) is 10.8 Å². The van der Waals surface area contributed by atoms with Crippen molar-refractivity contribution >= 4 is 29.9 Å². The van der Waals surface area contributed by atoms with E-state index < -0.39 is 30.1 Å². The lowest BCUT2D eigenvalue weighted by Crippen LogP contribution is -2.55. The standard InChI is InChI=1S/C21H34N8O5/c1-33-18(31)16(10-6-12-28-20(25)26)29(17(30)15(22)9-5-11-27-19(23)24)21(32)34-13-14-7-3-2-4-8-14/h2-4,7-8,15-16H,5-6,9-13,22H2,1H3,(H4,23,24,27)(H4,25,26,28)/t15-,16-/m0/s1. The van der Waals surface area contributed by atoms with E-state index in [1.54, 1.807) is 24.3 Å². The molecule has 0 aliphatic rings. The highest BCUT2D eigenvalue weighted by molar-refractivity contribution is 5.99. The summed E-state index contributed by atoms with van der Waals surface area (Å²) < 4.78 is 10.1. The first-order chi connectivity index (χ1) is 16.2. The fourth-order valence-electron chi connectivity index (χ4n) is 3.01. The Balaban J connectivity index is 3.01. The minimum atomic E-state index is -1.28. The number of nitrogens with one attached hydrogen (secondary N) is 4. The van der Waals surface area contributed by atoms with E-state index in [-0.39, 0.29) is 37.9 Å². The second kappa shape index (κ2) is 15.1. The number of carbonyl (C=O) groups is 3. The summed E-state index contributed by atoms with van der Waals surface area (Å²) in [7, 11) is 1.15. The normalized spacial score (nSPS) is 12.1. The Labute approximate surface area is 198 Å². The third kappa shape index (κ3) is 10.2. The van der Waals surface area contributed by atoms with Crippen molar-refractivity contribution < 1.29 is 23.9 Å². The number of amides is 2. The molecule has 0 heterocycles. The topological polar surface area (TPSA) is 223 Å². The minimum Gasteiger partial charge on any atom is -0.467 e. The number of hydrogen-bond donors (Lipinski definition) is 7. The van der Waals surface area contributed by atoms with Crippen molar-refractivity contribution in [2.24, 2.45) is 17.2 Å². The van der Waals surface area contributed by atoms with Crippen LogP contribution in [0.4, 0.5) is 4.79 Å². The van der Waals surface area contributed by atoms with Crippen LogP contribution in [0.3, 0.4) is 0 Å². The number of imide groups is 1. The van der Waals surface area contributed by atoms with E-state index in [2.05, 4.69) is 10.6 Å². The van der Waals surface area contributed by atoms with E-state index >= 15 is 0 Å². The van der Waals surface area contributed by atoms with Gasteiger partial charge in [-0.05, 0) is 31.2 Å². The average Bonchev–Trinajstić information content (AvgIpc) is 2.81. The van der Waals surface area contributed by atoms with Gasteiger partial charge in [0.2, 0.25) is 5.91 Å². The van der Waals surface area contributed by atoms with Crippen molar-refractivity contribution in [2.75, 3.05) is 20.2 Å². The Bertz CT molecular complexity index is 836. The van der Waals surface area contributed by atoms with Gasteiger partial charge in [-0.25, -0.2) is 14.5 Å². The second-order valence-electron chi connectivity index (χ2n) is 7.36. The molecule has 0 fully saturated rings. The molecule has 0 unspecified atom stereocenters. The van der Waals surface area contributed by atoms with Gasteiger partial charge in [-0.1, -0.05) is 30.3 Å². The van der Waals surface area contributed by atoms with Crippen LogP contribution >= 0.6 is 0 Å². The van der Waals surface area contributed by atoms with Crippen molar-refractivity contribution in [3.05, 3.63) is 35.9 Å². The van der Waals surface area contributed by atoms with Gasteiger partial charge in [0.1, 0.15) is 12.6 Å². The average molecular weight is 479 g/mol. The van der Waals surface area contributed by atoms with Gasteiger partial charge in [0, 0.05) is 13.1 Å². The van der Waals surface area contributed by atoms with E-state index in [0.717, 1.165) is 7.11 Å². The summed E-state index contributed by atoms with van der Waals surface area (Å²) in [6.45, 7) is 0.444. The molecular formula is C21H34N8O5. The highest BCUT2D eigenvalue weighted by Crippen LogP contribution is 2.15. The summed E-state index contributed by atoms with van der Waals surface area (Å²) in [5.74, 6) is -2.06. The van der Waals surface area contributed by atoms with Gasteiger partial charge in [-0.15, -0.1) is 0 Å². The first kappa shape index (κ1) is 28.2. The predicted octanol–water partition coefficient (Wildman–Crippen LogP) is -0.453. The molecule has 13 nitrogen and oxygen atoms in total. The van der Waals surface area contributed by atoms with Crippen LogP contribution in [-0.2, 0) is 25.7 Å². The summed E-state index contributed by atoms with van der Waals surface area (Å²) in [5.41, 5.74) is 17.2. The van der Waals surface area contributed by atoms with Crippen molar-refractivity contribution in [3.8, 4) is 0 Å². The molecule has 2 atom stereocenters. The molecule has 1 aromatic carbocycles. The molecule has 10 N–H and O–H groups in total. The van der Waals surface area contributed by atoms with Crippen LogP contribution in [0.25, 0.3) is 0 Å². The number of nitrogens with two attached hydrogens (primary N) is 3. The van der Waals surface area contributed by atoms with Crippen molar-refractivity contribution in [3.63, 3.8) is 0 Å². The van der Waals surface area contributed by atoms with E-state index in [0.29, 0.717) is 29.8 Å². The van der Waals surface area contributed by atoms with Crippen LogP contribution < -0.4 is 27.8 Å². The van der Waals surface area contributed by atoms with Crippen molar-refractivity contribution in [2.45, 2.75) is 44.4 Å². The van der Waals surface area contributed by atoms with Crippen LogP contribution in [0.2, 0.25) is 0 Å². The lowest BCUT2D eigenvalue weighted by atomic mass is 10.1. The van der Waals surface area contributed by atoms with Gasteiger partial charge >= 0.3 is 12.1 Å². The zero-order valence-electron chi connectivity index (χ0n) is 19.2. The number of hydrogen-bond acceptors (Lipinski definition) is 8. The number of guanidine groups is 2. The number of carbonyl (C=O) groups excluding carboxylic acids is 3. The number of methoxy groups -OCH3 is 1. The maximum absolute atomic E-state index is 13.2. The molecule has 34 heavy (non-hydrogen) atoms. The lowest BCUT2D eigenvalue weighted by molar-refractivity contribution is -0.152. The molecule has 0 spiro atoms. The quantitative estimate of drug-likeness (QED) is 0.0836. The number of esters is 1. The molecule has 0 saturated carbocycles. The zero-order valence-corrected chi connectivity index (χ0v) is 19.2. The molecule has 2 amide bonds. The van der Waals surface area contributed by atoms with Crippen molar-refractivity contribution in [1.82, 2.24) is 15.5 Å². The van der Waals surface area contributed by atoms with Crippen LogP contribution in [0.5, 0.6) is 0 Å². The molecule has 0 aromatic heterocycles. The Morgan fingerprint density at radius 2 is 1.56 bits per heavy atom. The van der Waals surface area contributed by atoms with Crippen LogP contribution in [-0.4, -0.2) is 67.1 Å². The Hall–Kier alpha value is -3.87. The monoisotopic (exact) mass is 478 g/mol. The van der Waals surface area contributed by atoms with E-state index in [4.69, 9.17) is 37.5 Å². The summed E-state index contributed by atoms with van der Waals surface area (Å²) >= 11 is 0. The maximum Gasteiger partial charge on any atom is 0.417 e. The second-order valence-corrected chi connectivity index (χ2v) is 7.36. The number of rotatable bonds is 13. The molecule has 1 rings (SSSR count). The Kier molecular flexibility index (Phi) is 12.5. The zero-order chi connectivity index (χ0) is 25.5. The minimum absolute atomic E-state index is 0.0394. The third-order valence-corrected chi connectivity index (χ3v) is 4.72. The highest BCUT2D eigenvalue weighted by atomic mass is 16.6. The fraction of sp³-hybridized carbons (Fsp3) is 0.476. The number of benzene rings is 1. The van der Waals surface area contributed by atoms with Crippen LogP contribution in [0.1, 0.15) is 31.2 Å². The fourth-order valence-corrected chi connectivity index (χ4v) is 3.01.